The highest BCUT2D eigenvalue weighted by atomic mass is 32.2. The fourth-order valence-corrected chi connectivity index (χ4v) is 11.4. The Kier molecular flexibility index (Phi) is 11.3. The fourth-order valence-electron chi connectivity index (χ4n) is 7.80. The summed E-state index contributed by atoms with van der Waals surface area (Å²) in [5.41, 5.74) is 0.931. The van der Waals surface area contributed by atoms with Crippen LogP contribution in [0.5, 0.6) is 11.5 Å². The van der Waals surface area contributed by atoms with Gasteiger partial charge in [-0.1, -0.05) is 72.8 Å². The van der Waals surface area contributed by atoms with Gasteiger partial charge >= 0.3 is 5.69 Å². The molecule has 15 heteroatoms. The van der Waals surface area contributed by atoms with Crippen molar-refractivity contribution in [2.75, 3.05) is 33.1 Å². The zero-order valence-corrected chi connectivity index (χ0v) is 32.7. The Morgan fingerprint density at radius 1 is 0.839 bits per heavy atom. The van der Waals surface area contributed by atoms with Gasteiger partial charge in [0.25, 0.3) is 8.53 Å². The molecule has 0 radical (unpaired) electrons. The molecule has 56 heavy (non-hydrogen) atoms. The predicted molar refractivity (Wildman–Crippen MR) is 208 cm³/mol. The number of rotatable bonds is 14. The first-order valence-electron chi connectivity index (χ1n) is 18.5. The normalized spacial score (nSPS) is 23.9. The van der Waals surface area contributed by atoms with Gasteiger partial charge in [0.05, 0.1) is 43.7 Å². The number of hydrogen-bond donors (Lipinski definition) is 0. The molecule has 0 bridgehead atoms. The highest BCUT2D eigenvalue weighted by Gasteiger charge is 2.51. The second-order valence-electron chi connectivity index (χ2n) is 13.9. The first kappa shape index (κ1) is 38.3. The lowest BCUT2D eigenvalue weighted by Crippen LogP contribution is -2.38. The summed E-state index contributed by atoms with van der Waals surface area (Å²) in [5.74, 6) is 1.24. The smallest absolute Gasteiger partial charge is 0.352 e. The predicted octanol–water partition coefficient (Wildman–Crippen LogP) is 5.90. The molecule has 5 aromatic rings. The molecule has 1 aromatic heterocycles. The van der Waals surface area contributed by atoms with Crippen molar-refractivity contribution in [2.24, 2.45) is 0 Å². The van der Waals surface area contributed by atoms with Crippen LogP contribution in [0.25, 0.3) is 0 Å². The van der Waals surface area contributed by atoms with E-state index in [0.29, 0.717) is 18.0 Å². The van der Waals surface area contributed by atoms with Gasteiger partial charge in [-0.15, -0.1) is 0 Å². The number of nitrogens with zero attached hydrogens (tertiary/aromatic N) is 4. The summed E-state index contributed by atoms with van der Waals surface area (Å²) in [5, 5.41) is 0. The van der Waals surface area contributed by atoms with E-state index < -0.39 is 54.2 Å². The molecule has 4 aromatic carbocycles. The number of fused-ring (bicyclic) bond motifs is 1. The zero-order valence-electron chi connectivity index (χ0n) is 31.0. The average Bonchev–Trinajstić information content (AvgIpc) is 3.97. The topological polar surface area (TPSA) is 141 Å². The van der Waals surface area contributed by atoms with Crippen molar-refractivity contribution >= 4 is 18.4 Å². The van der Waals surface area contributed by atoms with Crippen molar-refractivity contribution in [3.63, 3.8) is 0 Å². The first-order valence-corrected chi connectivity index (χ1v) is 21.3. The third-order valence-corrected chi connectivity index (χ3v) is 14.2. The third-order valence-electron chi connectivity index (χ3n) is 10.6. The number of benzene rings is 4. The monoisotopic (exact) mass is 798 g/mol. The molecular formula is C41H43N4O9PS. The van der Waals surface area contributed by atoms with Crippen molar-refractivity contribution in [3.8, 4) is 11.5 Å². The third kappa shape index (κ3) is 7.62. The van der Waals surface area contributed by atoms with E-state index in [1.54, 1.807) is 44.6 Å². The van der Waals surface area contributed by atoms with Crippen LogP contribution in [0.1, 0.15) is 42.2 Å². The summed E-state index contributed by atoms with van der Waals surface area (Å²) < 4.78 is 68.8. The maximum atomic E-state index is 13.5. The Morgan fingerprint density at radius 3 is 2.09 bits per heavy atom. The Balaban J connectivity index is 1.13. The molecule has 0 saturated carbocycles. The van der Waals surface area contributed by atoms with Crippen molar-refractivity contribution in [1.82, 2.24) is 19.2 Å². The maximum Gasteiger partial charge on any atom is 0.352 e. The molecule has 0 amide bonds. The van der Waals surface area contributed by atoms with Gasteiger partial charge in [-0.2, -0.15) is 4.98 Å². The Hall–Kier alpha value is -4.53. The van der Waals surface area contributed by atoms with Crippen LogP contribution >= 0.6 is 8.53 Å². The van der Waals surface area contributed by atoms with Gasteiger partial charge < -0.3 is 28.0 Å². The van der Waals surface area contributed by atoms with Crippen LogP contribution in [0.2, 0.25) is 0 Å². The first-order chi connectivity index (χ1) is 27.3. The van der Waals surface area contributed by atoms with E-state index in [-0.39, 0.29) is 29.7 Å². The number of sulfone groups is 1. The molecule has 0 aliphatic carbocycles. The van der Waals surface area contributed by atoms with Crippen LogP contribution < -0.4 is 15.2 Å². The average molecular weight is 799 g/mol. The van der Waals surface area contributed by atoms with Crippen molar-refractivity contribution < 1.29 is 36.4 Å². The highest BCUT2D eigenvalue weighted by Crippen LogP contribution is 2.58. The lowest BCUT2D eigenvalue weighted by atomic mass is 9.80. The molecule has 3 saturated heterocycles. The highest BCUT2D eigenvalue weighted by molar-refractivity contribution is 7.91. The molecule has 3 fully saturated rings. The lowest BCUT2D eigenvalue weighted by Gasteiger charge is -2.37. The second kappa shape index (κ2) is 16.5. The summed E-state index contributed by atoms with van der Waals surface area (Å²) in [4.78, 5) is 21.1. The lowest BCUT2D eigenvalue weighted by molar-refractivity contribution is -0.0921. The minimum absolute atomic E-state index is 0.0367. The summed E-state index contributed by atoms with van der Waals surface area (Å²) in [7, 11) is -2.04. The van der Waals surface area contributed by atoms with Gasteiger partial charge in [0.1, 0.15) is 42.1 Å². The van der Waals surface area contributed by atoms with E-state index in [1.807, 2.05) is 78.9 Å². The van der Waals surface area contributed by atoms with Gasteiger partial charge in [0.2, 0.25) is 0 Å². The van der Waals surface area contributed by atoms with E-state index in [4.69, 9.17) is 28.0 Å². The van der Waals surface area contributed by atoms with Gasteiger partial charge in [0.15, 0.2) is 9.84 Å². The van der Waals surface area contributed by atoms with Gasteiger partial charge in [-0.05, 0) is 65.9 Å². The molecule has 3 aliphatic rings. The minimum atomic E-state index is -3.62. The molecule has 0 spiro atoms. The van der Waals surface area contributed by atoms with Gasteiger partial charge in [-0.25, -0.2) is 22.9 Å². The molecule has 292 valence electrons. The molecule has 4 heterocycles. The number of aromatic nitrogens is 3. The van der Waals surface area contributed by atoms with Crippen LogP contribution in [0.4, 0.5) is 0 Å². The summed E-state index contributed by atoms with van der Waals surface area (Å²) in [6.45, 7) is 0.753. The second-order valence-corrected chi connectivity index (χ2v) is 17.3. The Morgan fingerprint density at radius 2 is 1.46 bits per heavy atom. The van der Waals surface area contributed by atoms with Crippen LogP contribution in [0.3, 0.4) is 0 Å². The number of methoxy groups -OCH3 is 2. The molecule has 13 nitrogen and oxygen atoms in total. The van der Waals surface area contributed by atoms with Crippen LogP contribution in [-0.4, -0.2) is 85.1 Å². The van der Waals surface area contributed by atoms with Crippen molar-refractivity contribution in [1.29, 1.82) is 0 Å². The largest absolute Gasteiger partial charge is 0.497 e. The molecular weight excluding hydrogens is 756 g/mol. The molecule has 6 atom stereocenters. The van der Waals surface area contributed by atoms with Crippen molar-refractivity contribution in [3.05, 3.63) is 149 Å². The number of ether oxygens (including phenoxy) is 4. The molecule has 8 rings (SSSR count). The van der Waals surface area contributed by atoms with Crippen LogP contribution in [-0.2, 0) is 34.0 Å². The minimum Gasteiger partial charge on any atom is -0.497 e. The van der Waals surface area contributed by atoms with E-state index in [2.05, 4.69) is 14.6 Å². The summed E-state index contributed by atoms with van der Waals surface area (Å²) in [6.07, 6.45) is 1.96. The summed E-state index contributed by atoms with van der Waals surface area (Å²) in [6, 6.07) is 33.8. The van der Waals surface area contributed by atoms with E-state index >= 15 is 0 Å². The molecule has 3 aliphatic heterocycles. The van der Waals surface area contributed by atoms with E-state index in [1.165, 1.54) is 17.2 Å². The van der Waals surface area contributed by atoms with Crippen LogP contribution in [0.15, 0.2) is 132 Å². The zero-order chi connectivity index (χ0) is 38.7. The van der Waals surface area contributed by atoms with Crippen LogP contribution in [0, 0.1) is 0 Å². The molecule has 0 N–H and O–H groups in total. The van der Waals surface area contributed by atoms with Gasteiger partial charge in [-0.3, -0.25) is 4.57 Å². The molecule has 0 unspecified atom stereocenters. The quantitative estimate of drug-likeness (QED) is 0.0976. The standard InChI is InChI=1S/C41H43N4O9PS/c1-49-32-19-15-30(16-20-32)41(29-10-5-3-6-11-29,31-17-21-33(50-2)22-18-31)51-25-37-36(24-39(52-37)44-28-42-27-43-40(44)46)53-55-45-23-9-14-35(45)38(54-55)26-56(47,48)34-12-7-4-8-13-34/h3-8,10-13,15-22,27-28,35-39H,9,14,23-26H2,1-2H3/t35-,36-,37+,38+,39+,55+/m0/s1. The fraction of sp³-hybridized carbons (Fsp3) is 0.341. The summed E-state index contributed by atoms with van der Waals surface area (Å²) >= 11 is 0. The van der Waals surface area contributed by atoms with E-state index in [9.17, 15) is 13.2 Å². The Bertz CT molecular complexity index is 2200. The van der Waals surface area contributed by atoms with Gasteiger partial charge in [0, 0.05) is 19.0 Å². The SMILES string of the molecule is COc1ccc(C(OC[C@H]2O[C@@H](n3cncnc3=O)C[C@@H]2O[P@]2O[C@H](CS(=O)(=O)c3ccccc3)[C@@H]3CCCN32)(c2ccccc2)c2ccc(OC)cc2)cc1. The van der Waals surface area contributed by atoms with Crippen molar-refractivity contribution in [2.45, 2.75) is 60.3 Å². The van der Waals surface area contributed by atoms with E-state index in [0.717, 1.165) is 29.5 Å². The maximum absolute atomic E-state index is 13.5. The Labute approximate surface area is 327 Å². The number of hydrogen-bond acceptors (Lipinski definition) is 12.